The van der Waals surface area contributed by atoms with Crippen molar-refractivity contribution in [2.24, 2.45) is 4.99 Å². The lowest BCUT2D eigenvalue weighted by atomic mass is 10.2. The van der Waals surface area contributed by atoms with Crippen LogP contribution in [0.4, 0.5) is 0 Å². The molecule has 0 radical (unpaired) electrons. The van der Waals surface area contributed by atoms with Crippen LogP contribution >= 0.6 is 11.8 Å². The zero-order chi connectivity index (χ0) is 9.52. The smallest absolute Gasteiger partial charge is 0.0954 e. The zero-order valence-electron chi connectivity index (χ0n) is 8.88. The van der Waals surface area contributed by atoms with Gasteiger partial charge in [0, 0.05) is 11.5 Å². The molecule has 0 saturated carbocycles. The van der Waals surface area contributed by atoms with Gasteiger partial charge in [-0.3, -0.25) is 4.99 Å². The number of hydrogen-bond acceptors (Lipinski definition) is 2. The summed E-state index contributed by atoms with van der Waals surface area (Å²) in [5, 5.41) is 0.604. The van der Waals surface area contributed by atoms with Crippen molar-refractivity contribution >= 4 is 17.5 Å². The molecular formula is C11H21NS. The highest BCUT2D eigenvalue weighted by Crippen LogP contribution is 2.26. The van der Waals surface area contributed by atoms with Crippen molar-refractivity contribution in [3.05, 3.63) is 0 Å². The van der Waals surface area contributed by atoms with E-state index in [9.17, 15) is 0 Å². The van der Waals surface area contributed by atoms with Crippen LogP contribution in [0.25, 0.3) is 0 Å². The zero-order valence-corrected chi connectivity index (χ0v) is 9.70. The molecule has 1 aliphatic heterocycles. The van der Waals surface area contributed by atoms with Crippen molar-refractivity contribution in [3.8, 4) is 0 Å². The van der Waals surface area contributed by atoms with Gasteiger partial charge < -0.3 is 0 Å². The lowest BCUT2D eigenvalue weighted by molar-refractivity contribution is 0.702. The van der Waals surface area contributed by atoms with Gasteiger partial charge >= 0.3 is 0 Å². The minimum atomic E-state index is 0.604. The molecule has 2 heteroatoms. The lowest BCUT2D eigenvalue weighted by Crippen LogP contribution is -1.96. The Morgan fingerprint density at radius 3 is 2.77 bits per heavy atom. The van der Waals surface area contributed by atoms with E-state index in [2.05, 4.69) is 13.8 Å². The molecule has 0 N–H and O–H groups in total. The molecule has 0 aromatic heterocycles. The largest absolute Gasteiger partial charge is 0.279 e. The fraction of sp³-hybridized carbons (Fsp3) is 0.909. The molecule has 0 saturated heterocycles. The average molecular weight is 199 g/mol. The van der Waals surface area contributed by atoms with Crippen molar-refractivity contribution in [1.82, 2.24) is 0 Å². The second-order valence-electron chi connectivity index (χ2n) is 3.71. The van der Waals surface area contributed by atoms with E-state index >= 15 is 0 Å². The fourth-order valence-corrected chi connectivity index (χ4v) is 2.68. The number of hydrogen-bond donors (Lipinski definition) is 0. The maximum absolute atomic E-state index is 4.74. The molecule has 0 bridgehead atoms. The summed E-state index contributed by atoms with van der Waals surface area (Å²) in [5.41, 5.74) is 1.47. The van der Waals surface area contributed by atoms with Gasteiger partial charge in [0.1, 0.15) is 0 Å². The Hall–Kier alpha value is 0.0200. The number of unbranched alkanes of at least 4 members (excludes halogenated alkanes) is 2. The normalized spacial score (nSPS) is 22.0. The summed E-state index contributed by atoms with van der Waals surface area (Å²) < 4.78 is 0. The first-order chi connectivity index (χ1) is 6.36. The second kappa shape index (κ2) is 6.47. The molecule has 0 spiro atoms. The Morgan fingerprint density at radius 1 is 1.31 bits per heavy atom. The second-order valence-corrected chi connectivity index (χ2v) is 4.87. The van der Waals surface area contributed by atoms with E-state index < -0.39 is 0 Å². The molecule has 13 heavy (non-hydrogen) atoms. The van der Waals surface area contributed by atoms with Gasteiger partial charge in [-0.1, -0.05) is 33.1 Å². The van der Waals surface area contributed by atoms with Crippen LogP contribution in [0.15, 0.2) is 4.99 Å². The van der Waals surface area contributed by atoms with Gasteiger partial charge in [-0.25, -0.2) is 0 Å². The van der Waals surface area contributed by atoms with Crippen LogP contribution in [-0.2, 0) is 0 Å². The van der Waals surface area contributed by atoms with Crippen molar-refractivity contribution in [2.45, 2.75) is 57.7 Å². The minimum Gasteiger partial charge on any atom is -0.279 e. The molecule has 1 heterocycles. The topological polar surface area (TPSA) is 12.4 Å². The molecule has 76 valence electrons. The van der Waals surface area contributed by atoms with Crippen molar-refractivity contribution in [2.75, 3.05) is 5.75 Å². The van der Waals surface area contributed by atoms with Gasteiger partial charge in [-0.05, 0) is 19.3 Å². The van der Waals surface area contributed by atoms with Crippen LogP contribution in [-0.4, -0.2) is 16.8 Å². The summed E-state index contributed by atoms with van der Waals surface area (Å²) in [6.07, 6.45) is 7.78. The molecule has 1 rings (SSSR count). The van der Waals surface area contributed by atoms with Gasteiger partial charge in [0.15, 0.2) is 0 Å². The SMILES string of the molecule is CCCCC1=NC(CCCC)SC1. The summed E-state index contributed by atoms with van der Waals surface area (Å²) in [4.78, 5) is 4.74. The molecular weight excluding hydrogens is 178 g/mol. The molecule has 0 aromatic rings. The molecule has 0 aromatic carbocycles. The van der Waals surface area contributed by atoms with Crippen LogP contribution in [0.1, 0.15) is 52.4 Å². The maximum atomic E-state index is 4.74. The highest BCUT2D eigenvalue weighted by atomic mass is 32.2. The predicted octanol–water partition coefficient (Wildman–Crippen LogP) is 3.88. The summed E-state index contributed by atoms with van der Waals surface area (Å²) >= 11 is 2.04. The van der Waals surface area contributed by atoms with Gasteiger partial charge in [0.05, 0.1) is 5.37 Å². The van der Waals surface area contributed by atoms with Gasteiger partial charge in [-0.15, -0.1) is 11.8 Å². The summed E-state index contributed by atoms with van der Waals surface area (Å²) in [6, 6.07) is 0. The van der Waals surface area contributed by atoms with Crippen LogP contribution in [0.3, 0.4) is 0 Å². The highest BCUT2D eigenvalue weighted by molar-refractivity contribution is 8.00. The lowest BCUT2D eigenvalue weighted by Gasteiger charge is -2.02. The van der Waals surface area contributed by atoms with E-state index in [4.69, 9.17) is 4.99 Å². The Morgan fingerprint density at radius 2 is 2.08 bits per heavy atom. The van der Waals surface area contributed by atoms with Gasteiger partial charge in [-0.2, -0.15) is 0 Å². The van der Waals surface area contributed by atoms with Crippen LogP contribution < -0.4 is 0 Å². The van der Waals surface area contributed by atoms with Gasteiger partial charge in [0.25, 0.3) is 0 Å². The number of nitrogens with zero attached hydrogens (tertiary/aromatic N) is 1. The third-order valence-corrected chi connectivity index (χ3v) is 3.62. The van der Waals surface area contributed by atoms with Crippen LogP contribution in [0.2, 0.25) is 0 Å². The summed E-state index contributed by atoms with van der Waals surface area (Å²) in [7, 11) is 0. The van der Waals surface area contributed by atoms with Crippen molar-refractivity contribution in [3.63, 3.8) is 0 Å². The molecule has 1 nitrogen and oxygen atoms in total. The Bertz CT molecular complexity index is 165. The average Bonchev–Trinajstić information content (AvgIpc) is 2.59. The van der Waals surface area contributed by atoms with E-state index in [0.29, 0.717) is 5.37 Å². The van der Waals surface area contributed by atoms with E-state index in [1.54, 1.807) is 0 Å². The number of thioether (sulfide) groups is 1. The fourth-order valence-electron chi connectivity index (χ4n) is 1.51. The van der Waals surface area contributed by atoms with Crippen molar-refractivity contribution in [1.29, 1.82) is 0 Å². The minimum absolute atomic E-state index is 0.604. The summed E-state index contributed by atoms with van der Waals surface area (Å²) in [6.45, 7) is 4.50. The molecule has 0 aliphatic carbocycles. The first-order valence-corrected chi connectivity index (χ1v) is 6.58. The van der Waals surface area contributed by atoms with E-state index in [-0.39, 0.29) is 0 Å². The first kappa shape index (κ1) is 11.1. The van der Waals surface area contributed by atoms with E-state index in [1.807, 2.05) is 11.8 Å². The molecule has 1 aliphatic rings. The Balaban J connectivity index is 2.18. The number of rotatable bonds is 6. The monoisotopic (exact) mass is 199 g/mol. The number of aliphatic imine (C=N–C) groups is 1. The van der Waals surface area contributed by atoms with E-state index in [0.717, 1.165) is 0 Å². The molecule has 1 atom stereocenters. The van der Waals surface area contributed by atoms with Crippen LogP contribution in [0.5, 0.6) is 0 Å². The van der Waals surface area contributed by atoms with Crippen molar-refractivity contribution < 1.29 is 0 Å². The molecule has 0 fully saturated rings. The Labute approximate surface area is 86.4 Å². The third kappa shape index (κ3) is 4.17. The standard InChI is InChI=1S/C11H21NS/c1-3-5-7-10-9-13-11(12-10)8-6-4-2/h11H,3-9H2,1-2H3. The third-order valence-electron chi connectivity index (χ3n) is 2.39. The maximum Gasteiger partial charge on any atom is 0.0954 e. The summed E-state index contributed by atoms with van der Waals surface area (Å²) in [5.74, 6) is 1.20. The molecule has 0 amide bonds. The van der Waals surface area contributed by atoms with E-state index in [1.165, 1.54) is 50.0 Å². The Kier molecular flexibility index (Phi) is 5.52. The predicted molar refractivity (Wildman–Crippen MR) is 62.7 cm³/mol. The first-order valence-electron chi connectivity index (χ1n) is 5.54. The highest BCUT2D eigenvalue weighted by Gasteiger charge is 2.16. The van der Waals surface area contributed by atoms with Gasteiger partial charge in [0.2, 0.25) is 0 Å². The molecule has 1 unspecified atom stereocenters. The quantitative estimate of drug-likeness (QED) is 0.632. The van der Waals surface area contributed by atoms with Crippen LogP contribution in [0, 0.1) is 0 Å².